The smallest absolute Gasteiger partial charge is 0.418 e. The number of alkyl halides is 4. The highest BCUT2D eigenvalue weighted by Gasteiger charge is 2.50. The number of nitrogen functional groups attached to an aromatic ring is 1. The molecule has 0 saturated carbocycles. The molecule has 234 valence electrons. The summed E-state index contributed by atoms with van der Waals surface area (Å²) < 4.78 is 86.0. The number of hydrogen-bond donors (Lipinski definition) is 2. The monoisotopic (exact) mass is 637 g/mol. The first kappa shape index (κ1) is 28.3. The topological polar surface area (TPSA) is 102 Å². The number of nitrogens with two attached hydrogens (primary N) is 1. The molecular formula is C29H29ClF5N7O2. The molecule has 4 saturated heterocycles. The quantitative estimate of drug-likeness (QED) is 0.310. The molecule has 1 aromatic carbocycles. The molecule has 9 nitrogen and oxygen atoms in total. The van der Waals surface area contributed by atoms with Crippen molar-refractivity contribution in [2.24, 2.45) is 0 Å². The average molecular weight is 638 g/mol. The van der Waals surface area contributed by atoms with Gasteiger partial charge in [0.15, 0.2) is 5.82 Å². The lowest BCUT2D eigenvalue weighted by atomic mass is 9.95. The summed E-state index contributed by atoms with van der Waals surface area (Å²) in [6.45, 7) is 1.88. The zero-order chi connectivity index (χ0) is 30.5. The van der Waals surface area contributed by atoms with Crippen molar-refractivity contribution in [3.8, 4) is 23.1 Å². The van der Waals surface area contributed by atoms with Gasteiger partial charge in [-0.25, -0.2) is 13.8 Å². The molecular weight excluding hydrogens is 609 g/mol. The van der Waals surface area contributed by atoms with Crippen LogP contribution in [-0.2, 0) is 6.18 Å². The summed E-state index contributed by atoms with van der Waals surface area (Å²) >= 11 is 6.01. The fourth-order valence-corrected chi connectivity index (χ4v) is 8.25. The normalized spacial score (nSPS) is 29.5. The number of hydrogen-bond acceptors (Lipinski definition) is 9. The van der Waals surface area contributed by atoms with Gasteiger partial charge in [0.2, 0.25) is 5.88 Å². The van der Waals surface area contributed by atoms with E-state index in [4.69, 9.17) is 31.8 Å². The third-order valence-electron chi connectivity index (χ3n) is 9.82. The first-order valence-corrected chi connectivity index (χ1v) is 15.1. The Morgan fingerprint density at radius 1 is 1.18 bits per heavy atom. The highest BCUT2D eigenvalue weighted by molar-refractivity contribution is 6.32. The number of nitrogens with one attached hydrogen (secondary N) is 1. The fraction of sp³-hybridized carbons (Fsp3) is 0.552. The molecule has 8 rings (SSSR count). The summed E-state index contributed by atoms with van der Waals surface area (Å²) in [5, 5.41) is 3.05. The van der Waals surface area contributed by atoms with Crippen LogP contribution in [0.25, 0.3) is 22.2 Å². The van der Waals surface area contributed by atoms with Crippen LogP contribution in [0.5, 0.6) is 11.9 Å². The summed E-state index contributed by atoms with van der Waals surface area (Å²) in [6, 6.07) is 1.85. The molecule has 3 aromatic rings. The maximum absolute atomic E-state index is 16.6. The molecule has 4 fully saturated rings. The van der Waals surface area contributed by atoms with E-state index in [0.29, 0.717) is 25.3 Å². The Morgan fingerprint density at radius 2 is 2.02 bits per heavy atom. The molecule has 0 amide bonds. The van der Waals surface area contributed by atoms with E-state index >= 15 is 4.39 Å². The van der Waals surface area contributed by atoms with Crippen molar-refractivity contribution in [3.05, 3.63) is 28.5 Å². The summed E-state index contributed by atoms with van der Waals surface area (Å²) in [4.78, 5) is 17.6. The lowest BCUT2D eigenvalue weighted by molar-refractivity contribution is -0.137. The van der Waals surface area contributed by atoms with Crippen LogP contribution >= 0.6 is 11.6 Å². The molecule has 2 aromatic heterocycles. The van der Waals surface area contributed by atoms with Gasteiger partial charge < -0.3 is 25.4 Å². The van der Waals surface area contributed by atoms with Crippen LogP contribution < -0.4 is 25.4 Å². The largest absolute Gasteiger partial charge is 0.475 e. The summed E-state index contributed by atoms with van der Waals surface area (Å²) in [5.41, 5.74) is 2.41. The van der Waals surface area contributed by atoms with E-state index in [2.05, 4.69) is 20.2 Å². The van der Waals surface area contributed by atoms with Gasteiger partial charge in [0.05, 0.1) is 22.2 Å². The number of ether oxygens (including phenoxy) is 2. The van der Waals surface area contributed by atoms with E-state index in [1.54, 1.807) is 0 Å². The average Bonchev–Trinajstić information content (AvgIpc) is 3.59. The highest BCUT2D eigenvalue weighted by Crippen LogP contribution is 2.47. The molecule has 5 aliphatic heterocycles. The first-order valence-electron chi connectivity index (χ1n) is 14.8. The molecule has 5 atom stereocenters. The highest BCUT2D eigenvalue weighted by atomic mass is 35.5. The molecule has 3 N–H and O–H groups in total. The standard InChI is InChI=1S/C29H29ClF5N7O2/c30-17-7-14(36)6-16(21(17)29(33,34)35)23-22(32)24-20-25(42-10-15-2-3-18(37-15)19(42)11-43-26(20)38-23)40-27(39-24)44-12-28-4-1-5-41(28)9-13(31)8-28/h6-7,13,15,18-19,37H,1-5,8-12,36H2/t13-,15-,18+,19-,28+/m1/s1. The van der Waals surface area contributed by atoms with Gasteiger partial charge >= 0.3 is 12.2 Å². The number of benzene rings is 1. The number of rotatable bonds is 4. The van der Waals surface area contributed by atoms with Gasteiger partial charge in [0, 0.05) is 42.8 Å². The van der Waals surface area contributed by atoms with Crippen LogP contribution in [0.2, 0.25) is 5.02 Å². The lowest BCUT2D eigenvalue weighted by Crippen LogP contribution is -2.60. The van der Waals surface area contributed by atoms with Crippen molar-refractivity contribution in [1.82, 2.24) is 25.2 Å². The number of pyridine rings is 1. The number of aromatic nitrogens is 3. The Bertz CT molecular complexity index is 1680. The van der Waals surface area contributed by atoms with Crippen LogP contribution in [0.1, 0.15) is 37.7 Å². The van der Waals surface area contributed by atoms with Crippen LogP contribution in [0.3, 0.4) is 0 Å². The van der Waals surface area contributed by atoms with Crippen LogP contribution in [0.15, 0.2) is 12.1 Å². The third kappa shape index (κ3) is 4.35. The van der Waals surface area contributed by atoms with E-state index in [1.807, 2.05) is 4.90 Å². The van der Waals surface area contributed by atoms with E-state index in [0.717, 1.165) is 44.4 Å². The zero-order valence-corrected chi connectivity index (χ0v) is 24.2. The molecule has 7 heterocycles. The summed E-state index contributed by atoms with van der Waals surface area (Å²) in [6.07, 6.45) is -2.10. The van der Waals surface area contributed by atoms with Crippen molar-refractivity contribution in [2.75, 3.05) is 43.5 Å². The minimum atomic E-state index is -4.93. The number of piperazine rings is 1. The number of nitrogens with zero attached hydrogens (tertiary/aromatic N) is 5. The van der Waals surface area contributed by atoms with Crippen LogP contribution in [0, 0.1) is 5.82 Å². The second-order valence-electron chi connectivity index (χ2n) is 12.5. The second kappa shape index (κ2) is 9.88. The maximum atomic E-state index is 16.6. The Hall–Kier alpha value is -3.23. The summed E-state index contributed by atoms with van der Waals surface area (Å²) in [7, 11) is 0. The van der Waals surface area contributed by atoms with Gasteiger partial charge in [0.25, 0.3) is 0 Å². The van der Waals surface area contributed by atoms with Gasteiger partial charge in [-0.3, -0.25) is 4.90 Å². The van der Waals surface area contributed by atoms with E-state index in [1.165, 1.54) is 0 Å². The number of fused-ring (bicyclic) bond motifs is 6. The lowest BCUT2D eigenvalue weighted by Gasteiger charge is -2.40. The van der Waals surface area contributed by atoms with E-state index in [-0.39, 0.29) is 59.8 Å². The minimum absolute atomic E-state index is 0.0669. The third-order valence-corrected chi connectivity index (χ3v) is 10.1. The predicted molar refractivity (Wildman–Crippen MR) is 152 cm³/mol. The summed E-state index contributed by atoms with van der Waals surface area (Å²) in [5.74, 6) is -0.863. The number of halogens is 6. The molecule has 0 unspecified atom stereocenters. The van der Waals surface area contributed by atoms with E-state index in [9.17, 15) is 17.6 Å². The van der Waals surface area contributed by atoms with Crippen LogP contribution in [0.4, 0.5) is 33.5 Å². The van der Waals surface area contributed by atoms with Crippen LogP contribution in [-0.4, -0.2) is 82.5 Å². The van der Waals surface area contributed by atoms with Crippen molar-refractivity contribution < 1.29 is 31.4 Å². The minimum Gasteiger partial charge on any atom is -0.475 e. The molecule has 0 spiro atoms. The van der Waals surface area contributed by atoms with Crippen molar-refractivity contribution in [2.45, 2.75) is 68.1 Å². The zero-order valence-electron chi connectivity index (χ0n) is 23.4. The first-order chi connectivity index (χ1) is 21.0. The Labute approximate surface area is 253 Å². The van der Waals surface area contributed by atoms with E-state index < -0.39 is 45.5 Å². The van der Waals surface area contributed by atoms with Crippen molar-refractivity contribution in [1.29, 1.82) is 0 Å². The molecule has 0 radical (unpaired) electrons. The molecule has 15 heteroatoms. The predicted octanol–water partition coefficient (Wildman–Crippen LogP) is 4.74. The number of anilines is 2. The van der Waals surface area contributed by atoms with Gasteiger partial charge in [-0.1, -0.05) is 11.6 Å². The Kier molecular flexibility index (Phi) is 6.35. The second-order valence-corrected chi connectivity index (χ2v) is 12.9. The van der Waals surface area contributed by atoms with Crippen molar-refractivity contribution >= 4 is 34.0 Å². The molecule has 2 bridgehead atoms. The Morgan fingerprint density at radius 3 is 2.84 bits per heavy atom. The van der Waals surface area contributed by atoms with Crippen molar-refractivity contribution in [3.63, 3.8) is 0 Å². The SMILES string of the molecule is Nc1cc(Cl)c(C(F)(F)F)c(-c2nc3c4c(nc(OC[C@@]56CCCN5C[C@H](F)C6)nc4c2F)N2C[C@H]4CC[C@H](N4)[C@H]2CO3)c1. The Balaban J connectivity index is 1.31. The molecule has 44 heavy (non-hydrogen) atoms. The fourth-order valence-electron chi connectivity index (χ4n) is 7.91. The molecule has 5 aliphatic rings. The van der Waals surface area contributed by atoms with Gasteiger partial charge in [-0.05, 0) is 44.4 Å². The molecule has 0 aliphatic carbocycles. The van der Waals surface area contributed by atoms with Gasteiger partial charge in [0.1, 0.15) is 41.8 Å². The van der Waals surface area contributed by atoms with Gasteiger partial charge in [-0.2, -0.15) is 23.1 Å². The maximum Gasteiger partial charge on any atom is 0.418 e. The van der Waals surface area contributed by atoms with Gasteiger partial charge in [-0.15, -0.1) is 0 Å².